The van der Waals surface area contributed by atoms with Crippen LogP contribution in [-0.2, 0) is 35.4 Å². The van der Waals surface area contributed by atoms with Gasteiger partial charge in [0, 0.05) is 37.9 Å². The molecule has 7 rings (SSSR count). The first-order valence-corrected chi connectivity index (χ1v) is 12.4. The summed E-state index contributed by atoms with van der Waals surface area (Å²) in [5.74, 6) is 0.347. The first-order valence-electron chi connectivity index (χ1n) is 12.4. The maximum absolute atomic E-state index is 12.7. The van der Waals surface area contributed by atoms with Gasteiger partial charge in [-0.25, -0.2) is 0 Å². The molecule has 0 saturated heterocycles. The topological polar surface area (TPSA) is 106 Å². The molecular weight excluding hydrogens is 499 g/mol. The van der Waals surface area contributed by atoms with Gasteiger partial charge in [-0.15, -0.1) is 0 Å². The SMILES string of the molecule is O=C1CCCC(=O)NCc2ccc(cc2)CCc2nc(nc(OCC(F)(F)F)n2)Nc2ccc(cc2)CC1. The zero-order valence-corrected chi connectivity index (χ0v) is 20.7. The second kappa shape index (κ2) is 12.5. The number of rotatable bonds is 2. The Balaban J connectivity index is 1.56. The number of aromatic nitrogens is 3. The fraction of sp³-hybridized carbons (Fsp3) is 0.370. The number of halogens is 3. The van der Waals surface area contributed by atoms with Crippen LogP contribution in [0.5, 0.6) is 6.01 Å². The van der Waals surface area contributed by atoms with E-state index in [-0.39, 0.29) is 23.5 Å². The van der Waals surface area contributed by atoms with Crippen LogP contribution in [0.1, 0.15) is 48.2 Å². The van der Waals surface area contributed by atoms with Crippen LogP contribution in [0.4, 0.5) is 24.8 Å². The summed E-state index contributed by atoms with van der Waals surface area (Å²) in [5, 5.41) is 5.87. The second-order valence-electron chi connectivity index (χ2n) is 9.07. The molecule has 5 heterocycles. The van der Waals surface area contributed by atoms with Crippen molar-refractivity contribution in [2.75, 3.05) is 11.9 Å². The van der Waals surface area contributed by atoms with Gasteiger partial charge in [-0.2, -0.15) is 28.1 Å². The number of hydrogen-bond acceptors (Lipinski definition) is 7. The molecule has 1 amide bonds. The zero-order valence-electron chi connectivity index (χ0n) is 20.7. The standard InChI is InChI=1S/C27H28F3N5O3/c28-27(29,30)17-38-26-34-23-15-11-18-4-6-20(7-5-18)16-31-24(37)3-1-2-22(36)14-10-19-8-12-21(13-9-19)32-25(33-23)35-26/h4-9,12-13H,1-3,10-11,14-17H2,(H,31,37)(H,32,33,34,35). The number of aryl methyl sites for hydroxylation is 3. The zero-order chi connectivity index (χ0) is 27.0. The van der Waals surface area contributed by atoms with Crippen LogP contribution >= 0.6 is 0 Å². The van der Waals surface area contributed by atoms with Crippen molar-refractivity contribution in [2.24, 2.45) is 0 Å². The van der Waals surface area contributed by atoms with E-state index in [1.165, 1.54) is 0 Å². The van der Waals surface area contributed by atoms with Crippen LogP contribution < -0.4 is 15.4 Å². The number of carbonyl (C=O) groups is 2. The Labute approximate surface area is 218 Å². The number of nitrogens with one attached hydrogen (secondary N) is 2. The molecule has 1 aromatic heterocycles. The van der Waals surface area contributed by atoms with E-state index < -0.39 is 18.8 Å². The summed E-state index contributed by atoms with van der Waals surface area (Å²) in [6.07, 6.45) is -1.55. The minimum absolute atomic E-state index is 0.0691. The Morgan fingerprint density at radius 1 is 0.763 bits per heavy atom. The number of Topliss-reactive ketones (excluding diaryl/α,β-unsaturated/α-hetero) is 1. The highest BCUT2D eigenvalue weighted by Crippen LogP contribution is 2.20. The van der Waals surface area contributed by atoms with Crippen molar-refractivity contribution in [2.45, 2.75) is 57.7 Å². The minimum Gasteiger partial charge on any atom is -0.454 e. The van der Waals surface area contributed by atoms with E-state index >= 15 is 0 Å². The van der Waals surface area contributed by atoms with Gasteiger partial charge >= 0.3 is 12.2 Å². The van der Waals surface area contributed by atoms with Gasteiger partial charge in [0.05, 0.1) is 0 Å². The number of amides is 1. The first kappa shape index (κ1) is 27.0. The van der Waals surface area contributed by atoms with Crippen LogP contribution in [-0.4, -0.2) is 39.4 Å². The van der Waals surface area contributed by atoms with Gasteiger partial charge in [-0.05, 0) is 48.1 Å². The van der Waals surface area contributed by atoms with E-state index in [1.54, 1.807) is 12.1 Å². The third-order valence-corrected chi connectivity index (χ3v) is 5.94. The molecule has 2 N–H and O–H groups in total. The molecule has 4 aliphatic heterocycles. The summed E-state index contributed by atoms with van der Waals surface area (Å²) >= 11 is 0. The van der Waals surface area contributed by atoms with E-state index in [0.717, 1.165) is 16.7 Å². The highest BCUT2D eigenvalue weighted by molar-refractivity contribution is 5.80. The minimum atomic E-state index is -4.53. The van der Waals surface area contributed by atoms with Gasteiger partial charge < -0.3 is 15.4 Å². The Morgan fingerprint density at radius 3 is 2.13 bits per heavy atom. The van der Waals surface area contributed by atoms with Gasteiger partial charge in [0.25, 0.3) is 0 Å². The van der Waals surface area contributed by atoms with Gasteiger partial charge in [0.1, 0.15) is 11.6 Å². The molecule has 8 nitrogen and oxygen atoms in total. The molecule has 2 aromatic carbocycles. The largest absolute Gasteiger partial charge is 0.454 e. The summed E-state index contributed by atoms with van der Waals surface area (Å²) in [4.78, 5) is 36.8. The Bertz CT molecular complexity index is 1250. The number of anilines is 2. The van der Waals surface area contributed by atoms with Crippen LogP contribution in [0, 0.1) is 0 Å². The number of hydrogen-bond donors (Lipinski definition) is 2. The molecule has 0 spiro atoms. The van der Waals surface area contributed by atoms with Crippen molar-refractivity contribution in [3.05, 3.63) is 71.0 Å². The molecule has 11 heteroatoms. The average molecular weight is 528 g/mol. The van der Waals surface area contributed by atoms with Crippen molar-refractivity contribution < 1.29 is 27.5 Å². The van der Waals surface area contributed by atoms with Gasteiger partial charge in [0.2, 0.25) is 11.9 Å². The quantitative estimate of drug-likeness (QED) is 0.500. The Hall–Kier alpha value is -4.02. The van der Waals surface area contributed by atoms with E-state index in [1.807, 2.05) is 36.4 Å². The summed E-state index contributed by atoms with van der Waals surface area (Å²) in [6, 6.07) is 14.5. The van der Waals surface area contributed by atoms with Crippen LogP contribution in [0.3, 0.4) is 0 Å². The van der Waals surface area contributed by atoms with Crippen molar-refractivity contribution >= 4 is 23.3 Å². The number of benzene rings is 2. The molecule has 0 atom stereocenters. The molecule has 0 unspecified atom stereocenters. The van der Waals surface area contributed by atoms with Gasteiger partial charge in [-0.3, -0.25) is 9.59 Å². The Morgan fingerprint density at radius 2 is 1.42 bits per heavy atom. The first-order chi connectivity index (χ1) is 18.2. The lowest BCUT2D eigenvalue weighted by Crippen LogP contribution is -2.22. The van der Waals surface area contributed by atoms with Crippen molar-refractivity contribution in [1.82, 2.24) is 20.3 Å². The summed E-state index contributed by atoms with van der Waals surface area (Å²) < 4.78 is 42.9. The van der Waals surface area contributed by atoms with E-state index in [4.69, 9.17) is 4.74 Å². The molecule has 38 heavy (non-hydrogen) atoms. The van der Waals surface area contributed by atoms with Crippen LogP contribution in [0.2, 0.25) is 0 Å². The molecule has 6 bridgehead atoms. The molecule has 0 radical (unpaired) electrons. The lowest BCUT2D eigenvalue weighted by molar-refractivity contribution is -0.154. The third kappa shape index (κ3) is 8.82. The van der Waals surface area contributed by atoms with Gasteiger partial charge in [-0.1, -0.05) is 36.4 Å². The fourth-order valence-electron chi connectivity index (χ4n) is 3.88. The highest BCUT2D eigenvalue weighted by Gasteiger charge is 2.29. The van der Waals surface area contributed by atoms with Crippen molar-refractivity contribution in [3.8, 4) is 6.01 Å². The molecule has 0 aliphatic carbocycles. The maximum Gasteiger partial charge on any atom is 0.422 e. The second-order valence-corrected chi connectivity index (χ2v) is 9.07. The summed E-state index contributed by atoms with van der Waals surface area (Å²) in [6.45, 7) is -1.13. The number of ketones is 1. The molecule has 0 fully saturated rings. The van der Waals surface area contributed by atoms with E-state index in [2.05, 4.69) is 25.6 Å². The number of ether oxygens (including phenoxy) is 1. The lowest BCUT2D eigenvalue weighted by atomic mass is 10.0. The number of nitrogens with zero attached hydrogens (tertiary/aromatic N) is 3. The molecule has 0 saturated carbocycles. The predicted molar refractivity (Wildman–Crippen MR) is 134 cm³/mol. The van der Waals surface area contributed by atoms with Crippen molar-refractivity contribution in [1.29, 1.82) is 0 Å². The molecule has 4 aliphatic rings. The predicted octanol–water partition coefficient (Wildman–Crippen LogP) is 4.64. The lowest BCUT2D eigenvalue weighted by Gasteiger charge is -2.11. The molecular formula is C27H28F3N5O3. The molecule has 200 valence electrons. The normalized spacial score (nSPS) is 15.6. The highest BCUT2D eigenvalue weighted by atomic mass is 19.4. The Kier molecular flexibility index (Phi) is 8.88. The maximum atomic E-state index is 12.7. The number of alkyl halides is 3. The number of carbonyl (C=O) groups excluding carboxylic acids is 2. The third-order valence-electron chi connectivity index (χ3n) is 5.94. The van der Waals surface area contributed by atoms with Crippen LogP contribution in [0.15, 0.2) is 48.5 Å². The summed E-state index contributed by atoms with van der Waals surface area (Å²) in [7, 11) is 0. The monoisotopic (exact) mass is 527 g/mol. The smallest absolute Gasteiger partial charge is 0.422 e. The fourth-order valence-corrected chi connectivity index (χ4v) is 3.88. The average Bonchev–Trinajstić information content (AvgIpc) is 2.89. The van der Waals surface area contributed by atoms with Gasteiger partial charge in [0.15, 0.2) is 6.61 Å². The van der Waals surface area contributed by atoms with Crippen LogP contribution in [0.25, 0.3) is 0 Å². The van der Waals surface area contributed by atoms with E-state index in [0.29, 0.717) is 57.2 Å². The van der Waals surface area contributed by atoms with E-state index in [9.17, 15) is 22.8 Å². The summed E-state index contributed by atoms with van der Waals surface area (Å²) in [5.41, 5.74) is 3.48. The van der Waals surface area contributed by atoms with Crippen molar-refractivity contribution in [3.63, 3.8) is 0 Å². The molecule has 3 aromatic rings.